The second kappa shape index (κ2) is 4.77. The molecule has 2 N–H and O–H groups in total. The molecule has 1 aromatic rings. The molecule has 4 fully saturated rings. The van der Waals surface area contributed by atoms with E-state index in [9.17, 15) is 0 Å². The summed E-state index contributed by atoms with van der Waals surface area (Å²) >= 11 is 0. The summed E-state index contributed by atoms with van der Waals surface area (Å²) in [6.45, 7) is 1.08. The van der Waals surface area contributed by atoms with E-state index < -0.39 is 0 Å². The van der Waals surface area contributed by atoms with E-state index in [2.05, 4.69) is 24.1 Å². The lowest BCUT2D eigenvalue weighted by molar-refractivity contribution is -0.0598. The topological polar surface area (TPSA) is 29.3 Å². The maximum absolute atomic E-state index is 5.78. The zero-order valence-electron chi connectivity index (χ0n) is 12.5. The van der Waals surface area contributed by atoms with E-state index in [0.29, 0.717) is 0 Å². The molecule has 4 aliphatic carbocycles. The first-order chi connectivity index (χ1) is 9.69. The molecular formula is C18H26N2. The highest BCUT2D eigenvalue weighted by Crippen LogP contribution is 2.55. The lowest BCUT2D eigenvalue weighted by Crippen LogP contribution is -2.54. The van der Waals surface area contributed by atoms with Gasteiger partial charge in [0.25, 0.3) is 0 Å². The van der Waals surface area contributed by atoms with Crippen LogP contribution in [0.4, 0.5) is 5.69 Å². The van der Waals surface area contributed by atoms with Gasteiger partial charge in [0.2, 0.25) is 0 Å². The Hall–Kier alpha value is -1.02. The standard InChI is InChI=1S/C18H26N2/c1-20(11-12-2-4-17(19)5-3-12)18-15-7-13-6-14(9-15)10-16(18)8-13/h2-5,13-16,18H,6-11,19H2,1H3. The van der Waals surface area contributed by atoms with Gasteiger partial charge in [0.05, 0.1) is 0 Å². The molecule has 2 heteroatoms. The van der Waals surface area contributed by atoms with Crippen LogP contribution in [0.2, 0.25) is 0 Å². The van der Waals surface area contributed by atoms with Crippen molar-refractivity contribution in [3.8, 4) is 0 Å². The lowest BCUT2D eigenvalue weighted by Gasteiger charge is -2.56. The summed E-state index contributed by atoms with van der Waals surface area (Å²) in [4.78, 5) is 2.64. The largest absolute Gasteiger partial charge is 0.399 e. The summed E-state index contributed by atoms with van der Waals surface area (Å²) in [7, 11) is 2.34. The fraction of sp³-hybridized carbons (Fsp3) is 0.667. The first-order valence-electron chi connectivity index (χ1n) is 8.23. The van der Waals surface area contributed by atoms with E-state index in [0.717, 1.165) is 41.9 Å². The van der Waals surface area contributed by atoms with Gasteiger partial charge in [-0.15, -0.1) is 0 Å². The van der Waals surface area contributed by atoms with Gasteiger partial charge < -0.3 is 5.73 Å². The van der Waals surface area contributed by atoms with Crippen molar-refractivity contribution in [1.29, 1.82) is 0 Å². The van der Waals surface area contributed by atoms with Crippen molar-refractivity contribution in [1.82, 2.24) is 4.90 Å². The Morgan fingerprint density at radius 3 is 2.05 bits per heavy atom. The Morgan fingerprint density at radius 1 is 0.950 bits per heavy atom. The molecule has 0 unspecified atom stereocenters. The quantitative estimate of drug-likeness (QED) is 0.851. The average Bonchev–Trinajstić information content (AvgIpc) is 2.40. The van der Waals surface area contributed by atoms with E-state index in [1.807, 2.05) is 12.1 Å². The second-order valence-electron chi connectivity index (χ2n) is 7.58. The maximum atomic E-state index is 5.78. The molecule has 0 atom stereocenters. The van der Waals surface area contributed by atoms with Crippen LogP contribution in [0.1, 0.15) is 37.7 Å². The van der Waals surface area contributed by atoms with E-state index in [1.165, 1.54) is 31.2 Å². The minimum atomic E-state index is 0.834. The number of nitrogens with zero attached hydrogens (tertiary/aromatic N) is 1. The third-order valence-electron chi connectivity index (χ3n) is 6.10. The predicted octanol–water partition coefficient (Wildman–Crippen LogP) is 3.53. The van der Waals surface area contributed by atoms with Crippen molar-refractivity contribution in [2.24, 2.45) is 23.7 Å². The molecular weight excluding hydrogens is 244 g/mol. The zero-order valence-corrected chi connectivity index (χ0v) is 12.5. The van der Waals surface area contributed by atoms with Crippen LogP contribution in [0.25, 0.3) is 0 Å². The van der Waals surface area contributed by atoms with Crippen LogP contribution in [0.5, 0.6) is 0 Å². The minimum absolute atomic E-state index is 0.834. The van der Waals surface area contributed by atoms with Gasteiger partial charge in [-0.05, 0) is 80.5 Å². The first-order valence-corrected chi connectivity index (χ1v) is 8.23. The molecule has 5 rings (SSSR count). The number of nitrogens with two attached hydrogens (primary N) is 1. The molecule has 20 heavy (non-hydrogen) atoms. The Labute approximate surface area is 122 Å². The second-order valence-corrected chi connectivity index (χ2v) is 7.58. The van der Waals surface area contributed by atoms with Crippen molar-refractivity contribution in [3.63, 3.8) is 0 Å². The number of hydrogen-bond donors (Lipinski definition) is 1. The van der Waals surface area contributed by atoms with Crippen LogP contribution in [0.15, 0.2) is 24.3 Å². The molecule has 0 aliphatic heterocycles. The summed E-state index contributed by atoms with van der Waals surface area (Å²) in [6.07, 6.45) is 7.56. The zero-order chi connectivity index (χ0) is 13.7. The highest BCUT2D eigenvalue weighted by atomic mass is 15.1. The van der Waals surface area contributed by atoms with Crippen LogP contribution < -0.4 is 5.73 Å². The van der Waals surface area contributed by atoms with Crippen molar-refractivity contribution in [3.05, 3.63) is 29.8 Å². The number of benzene rings is 1. The molecule has 2 nitrogen and oxygen atoms in total. The van der Waals surface area contributed by atoms with Crippen molar-refractivity contribution in [2.75, 3.05) is 12.8 Å². The lowest BCUT2D eigenvalue weighted by atomic mass is 9.54. The van der Waals surface area contributed by atoms with Crippen molar-refractivity contribution in [2.45, 2.75) is 44.7 Å². The Bertz CT molecular complexity index is 451. The number of rotatable bonds is 3. The molecule has 0 spiro atoms. The number of anilines is 1. The SMILES string of the molecule is CN(Cc1ccc(N)cc1)C1C2CC3CC(C2)CC1C3. The highest BCUT2D eigenvalue weighted by molar-refractivity contribution is 5.39. The van der Waals surface area contributed by atoms with Crippen molar-refractivity contribution < 1.29 is 0 Å². The fourth-order valence-corrected chi connectivity index (χ4v) is 5.63. The molecule has 0 amide bonds. The molecule has 0 saturated heterocycles. The van der Waals surface area contributed by atoms with Crippen LogP contribution in [-0.2, 0) is 6.54 Å². The van der Waals surface area contributed by atoms with Gasteiger partial charge in [-0.1, -0.05) is 12.1 Å². The van der Waals surface area contributed by atoms with Gasteiger partial charge in [-0.25, -0.2) is 0 Å². The number of hydrogen-bond acceptors (Lipinski definition) is 2. The van der Waals surface area contributed by atoms with Gasteiger partial charge in [-0.2, -0.15) is 0 Å². The highest BCUT2D eigenvalue weighted by Gasteiger charge is 2.49. The maximum Gasteiger partial charge on any atom is 0.0314 e. The van der Waals surface area contributed by atoms with Gasteiger partial charge in [-0.3, -0.25) is 4.90 Å². The minimum Gasteiger partial charge on any atom is -0.399 e. The molecule has 1 aromatic carbocycles. The van der Waals surface area contributed by atoms with Gasteiger partial charge in [0, 0.05) is 18.3 Å². The normalized spacial score (nSPS) is 38.6. The Morgan fingerprint density at radius 2 is 1.50 bits per heavy atom. The van der Waals surface area contributed by atoms with E-state index in [1.54, 1.807) is 6.42 Å². The molecule has 4 saturated carbocycles. The monoisotopic (exact) mass is 270 g/mol. The van der Waals surface area contributed by atoms with Crippen LogP contribution in [0, 0.1) is 23.7 Å². The molecule has 108 valence electrons. The van der Waals surface area contributed by atoms with Crippen LogP contribution >= 0.6 is 0 Å². The summed E-state index contributed by atoms with van der Waals surface area (Å²) < 4.78 is 0. The van der Waals surface area contributed by atoms with Gasteiger partial charge >= 0.3 is 0 Å². The Kier molecular flexibility index (Phi) is 3.03. The summed E-state index contributed by atoms with van der Waals surface area (Å²) in [5, 5.41) is 0. The molecule has 4 aliphatic rings. The number of nitrogen functional groups attached to an aromatic ring is 1. The average molecular weight is 270 g/mol. The fourth-order valence-electron chi connectivity index (χ4n) is 5.63. The molecule has 0 heterocycles. The predicted molar refractivity (Wildman–Crippen MR) is 83.2 cm³/mol. The Balaban J connectivity index is 1.48. The molecule has 0 radical (unpaired) electrons. The summed E-state index contributed by atoms with van der Waals surface area (Å²) in [6, 6.07) is 9.25. The van der Waals surface area contributed by atoms with E-state index in [4.69, 9.17) is 5.73 Å². The summed E-state index contributed by atoms with van der Waals surface area (Å²) in [5.74, 6) is 4.09. The van der Waals surface area contributed by atoms with Crippen molar-refractivity contribution >= 4 is 5.69 Å². The first kappa shape index (κ1) is 12.7. The summed E-state index contributed by atoms with van der Waals surface area (Å²) in [5.41, 5.74) is 8.05. The molecule has 0 aromatic heterocycles. The smallest absolute Gasteiger partial charge is 0.0314 e. The van der Waals surface area contributed by atoms with Crippen LogP contribution in [-0.4, -0.2) is 18.0 Å². The third kappa shape index (κ3) is 2.14. The third-order valence-corrected chi connectivity index (χ3v) is 6.10. The van der Waals surface area contributed by atoms with Gasteiger partial charge in [0.15, 0.2) is 0 Å². The van der Waals surface area contributed by atoms with E-state index >= 15 is 0 Å². The van der Waals surface area contributed by atoms with E-state index in [-0.39, 0.29) is 0 Å². The van der Waals surface area contributed by atoms with Gasteiger partial charge in [0.1, 0.15) is 0 Å². The molecule has 4 bridgehead atoms. The van der Waals surface area contributed by atoms with Crippen LogP contribution in [0.3, 0.4) is 0 Å².